The van der Waals surface area contributed by atoms with Gasteiger partial charge in [-0.25, -0.2) is 9.37 Å². The zero-order chi connectivity index (χ0) is 15.5. The van der Waals surface area contributed by atoms with Crippen molar-refractivity contribution < 1.29 is 13.7 Å². The van der Waals surface area contributed by atoms with Crippen LogP contribution in [0.1, 0.15) is 21.3 Å². The van der Waals surface area contributed by atoms with E-state index in [1.165, 1.54) is 29.5 Å². The van der Waals surface area contributed by atoms with E-state index in [2.05, 4.69) is 15.5 Å². The number of thiazole rings is 1. The Morgan fingerprint density at radius 1 is 1.41 bits per heavy atom. The Balaban J connectivity index is 1.69. The highest BCUT2D eigenvalue weighted by Crippen LogP contribution is 2.20. The van der Waals surface area contributed by atoms with Gasteiger partial charge in [-0.05, 0) is 19.1 Å². The summed E-state index contributed by atoms with van der Waals surface area (Å²) < 4.78 is 18.2. The van der Waals surface area contributed by atoms with E-state index in [1.807, 2.05) is 12.3 Å². The largest absolute Gasteiger partial charge is 0.350 e. The maximum absolute atomic E-state index is 13.2. The lowest BCUT2D eigenvalue weighted by Gasteiger charge is -1.98. The van der Waals surface area contributed by atoms with Crippen LogP contribution in [-0.2, 0) is 6.54 Å². The summed E-state index contributed by atoms with van der Waals surface area (Å²) in [5.74, 6) is -0.679. The number of halogens is 1. The number of carbonyl (C=O) groups is 1. The van der Waals surface area contributed by atoms with Crippen LogP contribution in [0.25, 0.3) is 11.3 Å². The van der Waals surface area contributed by atoms with Crippen LogP contribution in [0.3, 0.4) is 0 Å². The van der Waals surface area contributed by atoms with Crippen LogP contribution in [0.15, 0.2) is 40.2 Å². The van der Waals surface area contributed by atoms with Crippen molar-refractivity contribution in [1.29, 1.82) is 0 Å². The van der Waals surface area contributed by atoms with Gasteiger partial charge in [-0.15, -0.1) is 11.3 Å². The smallest absolute Gasteiger partial charge is 0.290 e. The minimum atomic E-state index is -0.386. The molecule has 0 aliphatic rings. The molecule has 112 valence electrons. The molecule has 0 radical (unpaired) electrons. The van der Waals surface area contributed by atoms with E-state index in [0.717, 1.165) is 10.7 Å². The van der Waals surface area contributed by atoms with E-state index in [9.17, 15) is 9.18 Å². The lowest BCUT2D eigenvalue weighted by molar-refractivity contribution is 0.0914. The maximum atomic E-state index is 13.2. The van der Waals surface area contributed by atoms with E-state index < -0.39 is 0 Å². The Bertz CT molecular complexity index is 812. The van der Waals surface area contributed by atoms with Crippen LogP contribution in [0.5, 0.6) is 0 Å². The Morgan fingerprint density at radius 2 is 2.27 bits per heavy atom. The molecule has 0 spiro atoms. The number of nitrogens with zero attached hydrogens (tertiary/aromatic N) is 2. The molecule has 2 heterocycles. The zero-order valence-corrected chi connectivity index (χ0v) is 12.5. The summed E-state index contributed by atoms with van der Waals surface area (Å²) in [6.45, 7) is 2.22. The molecule has 2 aromatic heterocycles. The second kappa shape index (κ2) is 6.07. The monoisotopic (exact) mass is 317 g/mol. The van der Waals surface area contributed by atoms with Gasteiger partial charge in [0.1, 0.15) is 16.5 Å². The normalized spacial score (nSPS) is 10.6. The van der Waals surface area contributed by atoms with E-state index in [4.69, 9.17) is 4.52 Å². The summed E-state index contributed by atoms with van der Waals surface area (Å²) in [6.07, 6.45) is 0. The van der Waals surface area contributed by atoms with Crippen molar-refractivity contribution in [1.82, 2.24) is 15.5 Å². The number of aryl methyl sites for hydroxylation is 1. The number of hydrogen-bond donors (Lipinski definition) is 1. The quantitative estimate of drug-likeness (QED) is 0.802. The summed E-state index contributed by atoms with van der Waals surface area (Å²) in [5.41, 5.74) is 1.88. The van der Waals surface area contributed by atoms with Crippen LogP contribution < -0.4 is 5.32 Å². The molecule has 0 aliphatic carbocycles. The molecule has 0 atom stereocenters. The highest BCUT2D eigenvalue weighted by atomic mass is 32.1. The van der Waals surface area contributed by atoms with Crippen molar-refractivity contribution in [3.8, 4) is 11.3 Å². The minimum absolute atomic E-state index is 0.0764. The highest BCUT2D eigenvalue weighted by Gasteiger charge is 2.14. The summed E-state index contributed by atoms with van der Waals surface area (Å²) in [4.78, 5) is 16.2. The van der Waals surface area contributed by atoms with E-state index in [1.54, 1.807) is 12.1 Å². The molecule has 1 amide bonds. The predicted molar refractivity (Wildman–Crippen MR) is 79.9 cm³/mol. The summed E-state index contributed by atoms with van der Waals surface area (Å²) in [5, 5.41) is 9.23. The van der Waals surface area contributed by atoms with E-state index in [0.29, 0.717) is 17.8 Å². The first kappa shape index (κ1) is 14.4. The third-order valence-electron chi connectivity index (χ3n) is 2.92. The van der Waals surface area contributed by atoms with E-state index >= 15 is 0 Å². The average molecular weight is 317 g/mol. The van der Waals surface area contributed by atoms with Crippen LogP contribution >= 0.6 is 11.3 Å². The molecule has 3 rings (SSSR count). The first-order valence-electron chi connectivity index (χ1n) is 6.53. The van der Waals surface area contributed by atoms with E-state index in [-0.39, 0.29) is 17.5 Å². The molecule has 1 aromatic carbocycles. The molecule has 1 N–H and O–H groups in total. The van der Waals surface area contributed by atoms with Crippen molar-refractivity contribution in [2.24, 2.45) is 0 Å². The second-order valence-corrected chi connectivity index (χ2v) is 5.59. The van der Waals surface area contributed by atoms with Crippen molar-refractivity contribution in [2.75, 3.05) is 0 Å². The number of hydrogen-bond acceptors (Lipinski definition) is 5. The Kier molecular flexibility index (Phi) is 3.97. The maximum Gasteiger partial charge on any atom is 0.290 e. The van der Waals surface area contributed by atoms with Gasteiger partial charge in [0.05, 0.1) is 6.54 Å². The molecule has 0 unspecified atom stereocenters. The standard InChI is InChI=1S/C15H12FN3O2S/c1-9-8-22-14(18-9)7-17-15(20)13-6-12(19-21-13)10-3-2-4-11(16)5-10/h2-6,8H,7H2,1H3,(H,17,20). The lowest BCUT2D eigenvalue weighted by Crippen LogP contribution is -2.22. The van der Waals surface area contributed by atoms with Gasteiger partial charge in [-0.2, -0.15) is 0 Å². The van der Waals surface area contributed by atoms with Gasteiger partial charge in [-0.1, -0.05) is 17.3 Å². The fourth-order valence-electron chi connectivity index (χ4n) is 1.89. The Morgan fingerprint density at radius 3 is 3.00 bits per heavy atom. The molecular weight excluding hydrogens is 305 g/mol. The summed E-state index contributed by atoms with van der Waals surface area (Å²) >= 11 is 1.48. The van der Waals surface area contributed by atoms with Gasteiger partial charge in [0.2, 0.25) is 5.76 Å². The van der Waals surface area contributed by atoms with Crippen LogP contribution in [0, 0.1) is 12.7 Å². The molecule has 3 aromatic rings. The third kappa shape index (κ3) is 3.20. The first-order valence-corrected chi connectivity index (χ1v) is 7.41. The van der Waals surface area contributed by atoms with Gasteiger partial charge in [0, 0.05) is 22.7 Å². The molecular formula is C15H12FN3O2S. The number of amides is 1. The van der Waals surface area contributed by atoms with Crippen molar-refractivity contribution in [3.05, 3.63) is 58.0 Å². The molecule has 0 bridgehead atoms. The lowest BCUT2D eigenvalue weighted by atomic mass is 10.1. The van der Waals surface area contributed by atoms with Crippen molar-refractivity contribution >= 4 is 17.2 Å². The van der Waals surface area contributed by atoms with Crippen molar-refractivity contribution in [3.63, 3.8) is 0 Å². The molecule has 0 fully saturated rings. The number of benzene rings is 1. The summed E-state index contributed by atoms with van der Waals surface area (Å²) in [6, 6.07) is 7.42. The molecule has 0 aliphatic heterocycles. The molecule has 5 nitrogen and oxygen atoms in total. The Hall–Kier alpha value is -2.54. The summed E-state index contributed by atoms with van der Waals surface area (Å²) in [7, 11) is 0. The molecule has 0 saturated heterocycles. The average Bonchev–Trinajstić information content (AvgIpc) is 3.14. The number of rotatable bonds is 4. The third-order valence-corrected chi connectivity index (χ3v) is 3.89. The van der Waals surface area contributed by atoms with Gasteiger partial charge < -0.3 is 9.84 Å². The minimum Gasteiger partial charge on any atom is -0.350 e. The van der Waals surface area contributed by atoms with Gasteiger partial charge in [-0.3, -0.25) is 4.79 Å². The van der Waals surface area contributed by atoms with Gasteiger partial charge >= 0.3 is 0 Å². The first-order chi connectivity index (χ1) is 10.6. The second-order valence-electron chi connectivity index (χ2n) is 4.65. The topological polar surface area (TPSA) is 68.0 Å². The molecule has 7 heteroatoms. The SMILES string of the molecule is Cc1csc(CNC(=O)c2cc(-c3cccc(F)c3)no2)n1. The number of carbonyl (C=O) groups excluding carboxylic acids is 1. The van der Waals surface area contributed by atoms with Crippen LogP contribution in [0.2, 0.25) is 0 Å². The number of nitrogens with one attached hydrogen (secondary N) is 1. The van der Waals surface area contributed by atoms with Crippen molar-refractivity contribution in [2.45, 2.75) is 13.5 Å². The van der Waals surface area contributed by atoms with Gasteiger partial charge in [0.15, 0.2) is 0 Å². The predicted octanol–water partition coefficient (Wildman–Crippen LogP) is 3.18. The Labute approximate surface area is 129 Å². The molecule has 22 heavy (non-hydrogen) atoms. The van der Waals surface area contributed by atoms with Crippen LogP contribution in [0.4, 0.5) is 4.39 Å². The zero-order valence-electron chi connectivity index (χ0n) is 11.7. The fourth-order valence-corrected chi connectivity index (χ4v) is 2.60. The van der Waals surface area contributed by atoms with Crippen LogP contribution in [-0.4, -0.2) is 16.0 Å². The molecule has 0 saturated carbocycles. The van der Waals surface area contributed by atoms with Gasteiger partial charge in [0.25, 0.3) is 5.91 Å². The fraction of sp³-hybridized carbons (Fsp3) is 0.133. The highest BCUT2D eigenvalue weighted by molar-refractivity contribution is 7.09. The number of aromatic nitrogens is 2.